The van der Waals surface area contributed by atoms with Crippen LogP contribution in [0.25, 0.3) is 0 Å². The zero-order chi connectivity index (χ0) is 16.4. The molecule has 0 aliphatic heterocycles. The summed E-state index contributed by atoms with van der Waals surface area (Å²) in [7, 11) is 0. The molecule has 0 aromatic heterocycles. The third kappa shape index (κ3) is 3.75. The molecule has 2 aliphatic rings. The Morgan fingerprint density at radius 3 is 1.78 bits per heavy atom. The van der Waals surface area contributed by atoms with Crippen LogP contribution in [0.5, 0.6) is 0 Å². The first-order chi connectivity index (χ1) is 11.1. The minimum Gasteiger partial charge on any atom is -0.251 e. The van der Waals surface area contributed by atoms with Crippen molar-refractivity contribution in [3.63, 3.8) is 0 Å². The fourth-order valence-corrected chi connectivity index (χ4v) is 4.64. The number of hydrogen-bond donors (Lipinski definition) is 0. The highest BCUT2D eigenvalue weighted by molar-refractivity contribution is 5.28. The lowest BCUT2D eigenvalue weighted by atomic mass is 9.68. The second-order valence-corrected chi connectivity index (χ2v) is 7.66. The van der Waals surface area contributed by atoms with E-state index in [-0.39, 0.29) is 18.2 Å². The van der Waals surface area contributed by atoms with Crippen LogP contribution in [0.15, 0.2) is 12.1 Å². The number of benzene rings is 1. The first kappa shape index (κ1) is 16.9. The molecule has 0 unspecified atom stereocenters. The molecule has 2 saturated carbocycles. The second-order valence-electron chi connectivity index (χ2n) is 7.66. The summed E-state index contributed by atoms with van der Waals surface area (Å²) < 4.78 is 40.2. The number of rotatable bonds is 3. The Bertz CT molecular complexity index is 501. The van der Waals surface area contributed by atoms with Crippen LogP contribution in [0, 0.1) is 36.3 Å². The summed E-state index contributed by atoms with van der Waals surface area (Å²) >= 11 is 0. The quantitative estimate of drug-likeness (QED) is 0.610. The van der Waals surface area contributed by atoms with Crippen molar-refractivity contribution in [1.82, 2.24) is 0 Å². The molecule has 3 heteroatoms. The number of alkyl halides is 1. The maximum absolute atomic E-state index is 13.8. The van der Waals surface area contributed by atoms with Crippen molar-refractivity contribution in [3.8, 4) is 0 Å². The molecule has 23 heavy (non-hydrogen) atoms. The molecule has 3 rings (SSSR count). The van der Waals surface area contributed by atoms with Gasteiger partial charge in [-0.2, -0.15) is 0 Å². The van der Waals surface area contributed by atoms with Gasteiger partial charge in [-0.15, -0.1) is 0 Å². The molecule has 0 bridgehead atoms. The molecule has 2 aliphatic carbocycles. The molecule has 128 valence electrons. The van der Waals surface area contributed by atoms with E-state index in [9.17, 15) is 13.2 Å². The highest BCUT2D eigenvalue weighted by atomic mass is 19.1. The van der Waals surface area contributed by atoms with Gasteiger partial charge in [-0.1, -0.05) is 0 Å². The molecular weight excluding hydrogens is 297 g/mol. The third-order valence-corrected chi connectivity index (χ3v) is 6.32. The molecule has 1 aromatic rings. The molecule has 1 aromatic carbocycles. The molecule has 0 amide bonds. The van der Waals surface area contributed by atoms with E-state index >= 15 is 0 Å². The fraction of sp³-hybridized carbons (Fsp3) is 0.700. The van der Waals surface area contributed by atoms with E-state index in [1.807, 2.05) is 0 Å². The van der Waals surface area contributed by atoms with Crippen LogP contribution in [0.3, 0.4) is 0 Å². The van der Waals surface area contributed by atoms with Gasteiger partial charge in [0, 0.05) is 5.56 Å². The Morgan fingerprint density at radius 1 is 0.826 bits per heavy atom. The highest BCUT2D eigenvalue weighted by Crippen LogP contribution is 2.44. The van der Waals surface area contributed by atoms with E-state index in [1.54, 1.807) is 0 Å². The van der Waals surface area contributed by atoms with E-state index in [1.165, 1.54) is 19.1 Å². The van der Waals surface area contributed by atoms with Gasteiger partial charge < -0.3 is 0 Å². The van der Waals surface area contributed by atoms with Crippen molar-refractivity contribution in [2.75, 3.05) is 6.67 Å². The van der Waals surface area contributed by atoms with Gasteiger partial charge >= 0.3 is 0 Å². The molecular formula is C20H27F3. The van der Waals surface area contributed by atoms with E-state index in [2.05, 4.69) is 0 Å². The van der Waals surface area contributed by atoms with E-state index in [4.69, 9.17) is 0 Å². The molecule has 0 heterocycles. The van der Waals surface area contributed by atoms with Crippen LogP contribution in [0.2, 0.25) is 0 Å². The van der Waals surface area contributed by atoms with Gasteiger partial charge in [-0.3, -0.25) is 4.39 Å². The molecule has 0 radical (unpaired) electrons. The van der Waals surface area contributed by atoms with E-state index < -0.39 is 11.6 Å². The fourth-order valence-electron chi connectivity index (χ4n) is 4.64. The van der Waals surface area contributed by atoms with E-state index in [0.717, 1.165) is 68.8 Å². The SMILES string of the molecule is Cc1c(F)cc(C2CCC(C3CCC(CF)CC3)CC2)cc1F. The Hall–Kier alpha value is -0.990. The van der Waals surface area contributed by atoms with Gasteiger partial charge in [-0.05, 0) is 99.7 Å². The topological polar surface area (TPSA) is 0 Å². The summed E-state index contributed by atoms with van der Waals surface area (Å²) in [5.74, 6) is 1.20. The van der Waals surface area contributed by atoms with Gasteiger partial charge in [0.2, 0.25) is 0 Å². The van der Waals surface area contributed by atoms with Crippen LogP contribution in [-0.2, 0) is 0 Å². The zero-order valence-corrected chi connectivity index (χ0v) is 14.0. The summed E-state index contributed by atoms with van der Waals surface area (Å²) in [6, 6.07) is 3.05. The lowest BCUT2D eigenvalue weighted by Crippen LogP contribution is -2.26. The summed E-state index contributed by atoms with van der Waals surface area (Å²) in [5, 5.41) is 0. The molecule has 0 saturated heterocycles. The maximum atomic E-state index is 13.8. The van der Waals surface area contributed by atoms with Gasteiger partial charge in [0.1, 0.15) is 11.6 Å². The maximum Gasteiger partial charge on any atom is 0.129 e. The van der Waals surface area contributed by atoms with Gasteiger partial charge in [0.15, 0.2) is 0 Å². The predicted octanol–water partition coefficient (Wildman–Crippen LogP) is 6.32. The summed E-state index contributed by atoms with van der Waals surface area (Å²) in [6.45, 7) is 1.32. The highest BCUT2D eigenvalue weighted by Gasteiger charge is 2.31. The normalized spacial score (nSPS) is 32.0. The largest absolute Gasteiger partial charge is 0.251 e. The van der Waals surface area contributed by atoms with Crippen molar-refractivity contribution in [2.24, 2.45) is 17.8 Å². The second kappa shape index (κ2) is 7.27. The Labute approximate surface area is 137 Å². The lowest BCUT2D eigenvalue weighted by Gasteiger charge is -2.37. The van der Waals surface area contributed by atoms with Crippen LogP contribution in [0.1, 0.15) is 68.4 Å². The van der Waals surface area contributed by atoms with Gasteiger partial charge in [-0.25, -0.2) is 8.78 Å². The first-order valence-corrected chi connectivity index (χ1v) is 9.10. The summed E-state index contributed by atoms with van der Waals surface area (Å²) in [6.07, 6.45) is 8.74. The Balaban J connectivity index is 1.56. The third-order valence-electron chi connectivity index (χ3n) is 6.32. The molecule has 0 atom stereocenters. The predicted molar refractivity (Wildman–Crippen MR) is 87.2 cm³/mol. The van der Waals surface area contributed by atoms with Crippen LogP contribution in [-0.4, -0.2) is 6.67 Å². The van der Waals surface area contributed by atoms with E-state index in [0.29, 0.717) is 5.92 Å². The van der Waals surface area contributed by atoms with Crippen LogP contribution in [0.4, 0.5) is 13.2 Å². The Morgan fingerprint density at radius 2 is 1.30 bits per heavy atom. The van der Waals surface area contributed by atoms with Crippen molar-refractivity contribution in [3.05, 3.63) is 34.9 Å². The Kier molecular flexibility index (Phi) is 5.33. The number of hydrogen-bond acceptors (Lipinski definition) is 0. The van der Waals surface area contributed by atoms with Crippen LogP contribution >= 0.6 is 0 Å². The molecule has 0 spiro atoms. The summed E-state index contributed by atoms with van der Waals surface area (Å²) in [4.78, 5) is 0. The first-order valence-electron chi connectivity index (χ1n) is 9.10. The van der Waals surface area contributed by atoms with Crippen molar-refractivity contribution in [1.29, 1.82) is 0 Å². The average molecular weight is 324 g/mol. The monoisotopic (exact) mass is 324 g/mol. The van der Waals surface area contributed by atoms with Crippen molar-refractivity contribution < 1.29 is 13.2 Å². The van der Waals surface area contributed by atoms with Crippen molar-refractivity contribution in [2.45, 2.75) is 64.2 Å². The molecule has 2 fully saturated rings. The molecule has 0 nitrogen and oxygen atoms in total. The zero-order valence-electron chi connectivity index (χ0n) is 14.0. The standard InChI is InChI=1S/C20H27F3/c1-13-19(22)10-18(11-20(13)23)17-8-6-16(7-9-17)15-4-2-14(12-21)3-5-15/h10-11,14-17H,2-9,12H2,1H3. The minimum atomic E-state index is -0.424. The van der Waals surface area contributed by atoms with Gasteiger partial charge in [0.05, 0.1) is 6.67 Å². The van der Waals surface area contributed by atoms with Crippen LogP contribution < -0.4 is 0 Å². The van der Waals surface area contributed by atoms with Gasteiger partial charge in [0.25, 0.3) is 0 Å². The molecule has 0 N–H and O–H groups in total. The smallest absolute Gasteiger partial charge is 0.129 e. The average Bonchev–Trinajstić information content (AvgIpc) is 2.59. The minimum absolute atomic E-state index is 0.118. The number of halogens is 3. The summed E-state index contributed by atoms with van der Waals surface area (Å²) in [5.41, 5.74) is 0.942. The van der Waals surface area contributed by atoms with Crippen molar-refractivity contribution >= 4 is 0 Å². The lowest BCUT2D eigenvalue weighted by molar-refractivity contribution is 0.148.